The third kappa shape index (κ3) is 3.23. The van der Waals surface area contributed by atoms with Gasteiger partial charge in [0.05, 0.1) is 13.2 Å². The zero-order valence-corrected chi connectivity index (χ0v) is 13.9. The van der Waals surface area contributed by atoms with Gasteiger partial charge < -0.3 is 19.7 Å². The molecular weight excluding hydrogens is 308 g/mol. The Kier molecular flexibility index (Phi) is 4.37. The highest BCUT2D eigenvalue weighted by Gasteiger charge is 2.40. The molecule has 1 amide bonds. The van der Waals surface area contributed by atoms with Crippen molar-refractivity contribution < 1.29 is 14.3 Å². The van der Waals surface area contributed by atoms with Crippen molar-refractivity contribution in [2.24, 2.45) is 0 Å². The second-order valence-corrected chi connectivity index (χ2v) is 6.79. The summed E-state index contributed by atoms with van der Waals surface area (Å²) >= 11 is 0. The fourth-order valence-electron chi connectivity index (χ4n) is 3.79. The molecule has 0 atom stereocenters. The molecular formula is C17H24N4O3. The van der Waals surface area contributed by atoms with E-state index >= 15 is 0 Å². The lowest BCUT2D eigenvalue weighted by atomic mass is 10.0. The highest BCUT2D eigenvalue weighted by Crippen LogP contribution is 2.32. The first kappa shape index (κ1) is 15.8. The van der Waals surface area contributed by atoms with E-state index in [0.29, 0.717) is 30.9 Å². The quantitative estimate of drug-likeness (QED) is 0.904. The van der Waals surface area contributed by atoms with Gasteiger partial charge in [0.1, 0.15) is 5.69 Å². The van der Waals surface area contributed by atoms with Gasteiger partial charge in [0.25, 0.3) is 5.91 Å². The van der Waals surface area contributed by atoms with Crippen molar-refractivity contribution in [1.82, 2.24) is 15.3 Å². The van der Waals surface area contributed by atoms with Crippen molar-refractivity contribution in [3.05, 3.63) is 18.0 Å². The van der Waals surface area contributed by atoms with Crippen molar-refractivity contribution in [3.8, 4) is 0 Å². The van der Waals surface area contributed by atoms with E-state index in [9.17, 15) is 4.79 Å². The summed E-state index contributed by atoms with van der Waals surface area (Å²) in [6, 6.07) is 1.98. The van der Waals surface area contributed by atoms with E-state index in [2.05, 4.69) is 20.2 Å². The van der Waals surface area contributed by atoms with Gasteiger partial charge in [-0.3, -0.25) is 4.79 Å². The van der Waals surface area contributed by atoms with Gasteiger partial charge in [-0.25, -0.2) is 9.97 Å². The fraction of sp³-hybridized carbons (Fsp3) is 0.706. The summed E-state index contributed by atoms with van der Waals surface area (Å²) in [7, 11) is 0. The first-order valence-electron chi connectivity index (χ1n) is 8.91. The Labute approximate surface area is 141 Å². The molecule has 1 aromatic heterocycles. The van der Waals surface area contributed by atoms with Crippen LogP contribution in [0.5, 0.6) is 0 Å². The lowest BCUT2D eigenvalue weighted by molar-refractivity contribution is -0.169. The van der Waals surface area contributed by atoms with E-state index in [1.807, 2.05) is 0 Å². The number of aromatic nitrogens is 2. The van der Waals surface area contributed by atoms with Crippen LogP contribution in [0.4, 0.5) is 5.95 Å². The largest absolute Gasteiger partial charge is 0.348 e. The zero-order valence-electron chi connectivity index (χ0n) is 13.9. The van der Waals surface area contributed by atoms with Crippen LogP contribution in [-0.4, -0.2) is 54.0 Å². The minimum atomic E-state index is -0.409. The number of anilines is 1. The lowest BCUT2D eigenvalue weighted by Crippen LogP contribution is -2.45. The van der Waals surface area contributed by atoms with E-state index in [-0.39, 0.29) is 5.91 Å². The predicted molar refractivity (Wildman–Crippen MR) is 87.8 cm³/mol. The minimum absolute atomic E-state index is 0.0958. The zero-order chi connectivity index (χ0) is 16.4. The maximum Gasteiger partial charge on any atom is 0.270 e. The summed E-state index contributed by atoms with van der Waals surface area (Å²) in [5, 5.41) is 3.08. The van der Waals surface area contributed by atoms with Crippen LogP contribution < -0.4 is 10.2 Å². The molecule has 3 aliphatic rings. The summed E-state index contributed by atoms with van der Waals surface area (Å²) in [6.45, 7) is 2.89. The van der Waals surface area contributed by atoms with Crippen molar-refractivity contribution in [1.29, 1.82) is 0 Å². The second kappa shape index (κ2) is 6.64. The van der Waals surface area contributed by atoms with Gasteiger partial charge in [-0.2, -0.15) is 0 Å². The maximum atomic E-state index is 12.4. The van der Waals surface area contributed by atoms with E-state index < -0.39 is 5.79 Å². The third-order valence-electron chi connectivity index (χ3n) is 5.19. The van der Waals surface area contributed by atoms with Crippen LogP contribution >= 0.6 is 0 Å². The number of rotatable bonds is 3. The van der Waals surface area contributed by atoms with E-state index in [0.717, 1.165) is 38.8 Å². The first-order valence-corrected chi connectivity index (χ1v) is 8.91. The van der Waals surface area contributed by atoms with E-state index in [4.69, 9.17) is 9.47 Å². The summed E-state index contributed by atoms with van der Waals surface area (Å²) in [6.07, 6.45) is 7.79. The molecule has 1 saturated carbocycles. The molecule has 130 valence electrons. The number of amides is 1. The third-order valence-corrected chi connectivity index (χ3v) is 5.19. The van der Waals surface area contributed by atoms with Crippen LogP contribution in [0.15, 0.2) is 12.3 Å². The number of carbonyl (C=O) groups is 1. The van der Waals surface area contributed by atoms with Crippen LogP contribution in [0.3, 0.4) is 0 Å². The van der Waals surface area contributed by atoms with Crippen LogP contribution in [0.2, 0.25) is 0 Å². The van der Waals surface area contributed by atoms with Gasteiger partial charge in [0.2, 0.25) is 5.95 Å². The lowest BCUT2D eigenvalue weighted by Gasteiger charge is -2.37. The summed E-state index contributed by atoms with van der Waals surface area (Å²) < 4.78 is 11.5. The van der Waals surface area contributed by atoms with Crippen molar-refractivity contribution in [3.63, 3.8) is 0 Å². The molecule has 0 aromatic carbocycles. The van der Waals surface area contributed by atoms with Crippen LogP contribution in [0.25, 0.3) is 0 Å². The molecule has 24 heavy (non-hydrogen) atoms. The van der Waals surface area contributed by atoms with E-state index in [1.165, 1.54) is 12.8 Å². The molecule has 1 aliphatic carbocycles. The predicted octanol–water partition coefficient (Wildman–Crippen LogP) is 1.49. The Balaban J connectivity index is 1.40. The van der Waals surface area contributed by atoms with Gasteiger partial charge in [0.15, 0.2) is 5.79 Å². The summed E-state index contributed by atoms with van der Waals surface area (Å²) in [5.74, 6) is 0.108. The number of piperidine rings is 1. The molecule has 7 nitrogen and oxygen atoms in total. The molecule has 1 aromatic rings. The maximum absolute atomic E-state index is 12.4. The van der Waals surface area contributed by atoms with Crippen LogP contribution in [-0.2, 0) is 9.47 Å². The Bertz CT molecular complexity index is 587. The van der Waals surface area contributed by atoms with Gasteiger partial charge >= 0.3 is 0 Å². The molecule has 4 rings (SSSR count). The molecule has 1 spiro atoms. The van der Waals surface area contributed by atoms with Gasteiger partial charge in [-0.05, 0) is 18.9 Å². The number of hydrogen-bond donors (Lipinski definition) is 1. The van der Waals surface area contributed by atoms with Gasteiger partial charge in [0, 0.05) is 38.2 Å². The molecule has 2 saturated heterocycles. The highest BCUT2D eigenvalue weighted by molar-refractivity contribution is 5.92. The molecule has 2 aliphatic heterocycles. The smallest absolute Gasteiger partial charge is 0.270 e. The summed E-state index contributed by atoms with van der Waals surface area (Å²) in [5.41, 5.74) is 0.445. The van der Waals surface area contributed by atoms with Crippen molar-refractivity contribution in [2.45, 2.75) is 50.4 Å². The normalized spacial score (nSPS) is 23.8. The average molecular weight is 332 g/mol. The Morgan fingerprint density at radius 3 is 2.62 bits per heavy atom. The number of nitrogens with zero attached hydrogens (tertiary/aromatic N) is 3. The fourth-order valence-corrected chi connectivity index (χ4v) is 3.79. The SMILES string of the molecule is O=C(NC1CCCC1)c1ccnc(N2CCC3(CC2)OCCO3)n1. The molecule has 0 unspecified atom stereocenters. The molecule has 1 N–H and O–H groups in total. The Morgan fingerprint density at radius 1 is 1.21 bits per heavy atom. The van der Waals surface area contributed by atoms with E-state index in [1.54, 1.807) is 12.3 Å². The standard InChI is InChI=1S/C17H24N4O3/c22-15(19-13-3-1-2-4-13)14-5-8-18-16(20-14)21-9-6-17(7-10-21)23-11-12-24-17/h5,8,13H,1-4,6-7,9-12H2,(H,19,22). The Hall–Kier alpha value is -1.73. The monoisotopic (exact) mass is 332 g/mol. The first-order chi connectivity index (χ1) is 11.7. The molecule has 0 radical (unpaired) electrons. The number of hydrogen-bond acceptors (Lipinski definition) is 6. The topological polar surface area (TPSA) is 76.6 Å². The summed E-state index contributed by atoms with van der Waals surface area (Å²) in [4.78, 5) is 23.3. The van der Waals surface area contributed by atoms with Crippen molar-refractivity contribution >= 4 is 11.9 Å². The van der Waals surface area contributed by atoms with Gasteiger partial charge in [-0.15, -0.1) is 0 Å². The number of ether oxygens (including phenoxy) is 2. The molecule has 3 heterocycles. The Morgan fingerprint density at radius 2 is 1.92 bits per heavy atom. The minimum Gasteiger partial charge on any atom is -0.348 e. The second-order valence-electron chi connectivity index (χ2n) is 6.79. The number of carbonyl (C=O) groups excluding carboxylic acids is 1. The molecule has 0 bridgehead atoms. The highest BCUT2D eigenvalue weighted by atomic mass is 16.7. The molecule has 7 heteroatoms. The number of nitrogens with one attached hydrogen (secondary N) is 1. The average Bonchev–Trinajstić information content (AvgIpc) is 3.28. The van der Waals surface area contributed by atoms with Crippen LogP contribution in [0.1, 0.15) is 49.0 Å². The van der Waals surface area contributed by atoms with Crippen LogP contribution in [0, 0.1) is 0 Å². The van der Waals surface area contributed by atoms with Crippen molar-refractivity contribution in [2.75, 3.05) is 31.2 Å². The molecule has 3 fully saturated rings. The van der Waals surface area contributed by atoms with Gasteiger partial charge in [-0.1, -0.05) is 12.8 Å².